The minimum atomic E-state index is -0.00671. The van der Waals surface area contributed by atoms with Crippen molar-refractivity contribution in [1.82, 2.24) is 10.6 Å². The molecule has 4 heteroatoms. The van der Waals surface area contributed by atoms with E-state index in [4.69, 9.17) is 4.74 Å². The van der Waals surface area contributed by atoms with Gasteiger partial charge < -0.3 is 15.4 Å². The Hall–Kier alpha value is -1.55. The number of benzene rings is 1. The van der Waals surface area contributed by atoms with Gasteiger partial charge in [0.1, 0.15) is 12.4 Å². The van der Waals surface area contributed by atoms with Crippen LogP contribution in [0.1, 0.15) is 31.9 Å². The molecule has 0 bridgehead atoms. The van der Waals surface area contributed by atoms with E-state index in [2.05, 4.69) is 24.5 Å². The fraction of sp³-hybridized carbons (Fsp3) is 0.500. The van der Waals surface area contributed by atoms with E-state index in [1.165, 1.54) is 0 Å². The fourth-order valence-corrected chi connectivity index (χ4v) is 2.02. The number of hydrogen-bond acceptors (Lipinski definition) is 3. The van der Waals surface area contributed by atoms with Crippen LogP contribution >= 0.6 is 0 Å². The first kappa shape index (κ1) is 12.9. The molecule has 0 aliphatic carbocycles. The summed E-state index contributed by atoms with van der Waals surface area (Å²) >= 11 is 0. The van der Waals surface area contributed by atoms with Gasteiger partial charge in [0, 0.05) is 24.6 Å². The highest BCUT2D eigenvalue weighted by Gasteiger charge is 2.24. The molecule has 1 aromatic rings. The van der Waals surface area contributed by atoms with Gasteiger partial charge in [0.05, 0.1) is 6.04 Å². The van der Waals surface area contributed by atoms with Crippen molar-refractivity contribution in [2.75, 3.05) is 13.2 Å². The first-order chi connectivity index (χ1) is 8.66. The Morgan fingerprint density at radius 1 is 1.44 bits per heavy atom. The van der Waals surface area contributed by atoms with Crippen LogP contribution in [0.3, 0.4) is 0 Å². The Balaban J connectivity index is 1.82. The third kappa shape index (κ3) is 3.23. The van der Waals surface area contributed by atoms with Gasteiger partial charge >= 0.3 is 0 Å². The molecule has 98 valence electrons. The maximum atomic E-state index is 11.8. The van der Waals surface area contributed by atoms with Crippen molar-refractivity contribution in [3.63, 3.8) is 0 Å². The lowest BCUT2D eigenvalue weighted by atomic mass is 10.1. The monoisotopic (exact) mass is 248 g/mol. The van der Waals surface area contributed by atoms with Crippen molar-refractivity contribution in [2.24, 2.45) is 0 Å². The Morgan fingerprint density at radius 2 is 2.22 bits per heavy atom. The zero-order valence-electron chi connectivity index (χ0n) is 10.9. The quantitative estimate of drug-likeness (QED) is 0.832. The molecule has 0 saturated heterocycles. The smallest absolute Gasteiger partial charge is 0.221 e. The maximum Gasteiger partial charge on any atom is 0.221 e. The highest BCUT2D eigenvalue weighted by atomic mass is 16.5. The zero-order valence-corrected chi connectivity index (χ0v) is 10.9. The molecule has 1 heterocycles. The van der Waals surface area contributed by atoms with Crippen LogP contribution in [0.25, 0.3) is 0 Å². The van der Waals surface area contributed by atoms with Crippen LogP contribution in [0.2, 0.25) is 0 Å². The Bertz CT molecular complexity index is 418. The van der Waals surface area contributed by atoms with Gasteiger partial charge in [-0.1, -0.05) is 32.0 Å². The molecular weight excluding hydrogens is 228 g/mol. The molecule has 0 fully saturated rings. The highest BCUT2D eigenvalue weighted by molar-refractivity contribution is 5.77. The van der Waals surface area contributed by atoms with Gasteiger partial charge in [0.2, 0.25) is 5.91 Å². The summed E-state index contributed by atoms with van der Waals surface area (Å²) in [5.74, 6) is 0.941. The lowest BCUT2D eigenvalue weighted by Crippen LogP contribution is -2.33. The van der Waals surface area contributed by atoms with Crippen LogP contribution in [0.5, 0.6) is 5.75 Å². The van der Waals surface area contributed by atoms with Crippen LogP contribution in [0.15, 0.2) is 24.3 Å². The lowest BCUT2D eigenvalue weighted by Gasteiger charge is -2.12. The second-order valence-electron chi connectivity index (χ2n) is 4.83. The molecule has 2 N–H and O–H groups in total. The second kappa shape index (κ2) is 5.87. The van der Waals surface area contributed by atoms with Crippen LogP contribution in [0.4, 0.5) is 0 Å². The van der Waals surface area contributed by atoms with Gasteiger partial charge in [-0.3, -0.25) is 4.79 Å². The van der Waals surface area contributed by atoms with E-state index in [1.807, 2.05) is 24.3 Å². The predicted molar refractivity (Wildman–Crippen MR) is 70.6 cm³/mol. The summed E-state index contributed by atoms with van der Waals surface area (Å²) in [6.45, 7) is 5.37. The molecule has 1 aliphatic heterocycles. The van der Waals surface area contributed by atoms with E-state index < -0.39 is 0 Å². The van der Waals surface area contributed by atoms with Crippen LogP contribution in [0, 0.1) is 0 Å². The maximum absolute atomic E-state index is 11.8. The number of carbonyl (C=O) groups is 1. The molecule has 2 rings (SSSR count). The van der Waals surface area contributed by atoms with E-state index in [0.717, 1.165) is 11.3 Å². The molecule has 1 aliphatic rings. The number of amides is 1. The van der Waals surface area contributed by atoms with Crippen molar-refractivity contribution in [2.45, 2.75) is 32.4 Å². The summed E-state index contributed by atoms with van der Waals surface area (Å²) in [6, 6.07) is 8.24. The Kier molecular flexibility index (Phi) is 4.20. The van der Waals surface area contributed by atoms with Gasteiger partial charge in [-0.2, -0.15) is 0 Å². The highest BCUT2D eigenvalue weighted by Crippen LogP contribution is 2.31. The standard InChI is InChI=1S/C14H20N2O2/c1-10(2)15-8-7-14(17)16-12-9-18-13-6-4-3-5-11(12)13/h3-6,10,12,15H,7-9H2,1-2H3,(H,16,17). The molecule has 1 amide bonds. The van der Waals surface area contributed by atoms with Gasteiger partial charge in [-0.25, -0.2) is 0 Å². The molecule has 1 atom stereocenters. The summed E-state index contributed by atoms with van der Waals surface area (Å²) in [5, 5.41) is 6.23. The summed E-state index contributed by atoms with van der Waals surface area (Å²) in [5.41, 5.74) is 1.07. The molecular formula is C14H20N2O2. The molecule has 0 saturated carbocycles. The molecule has 0 aromatic heterocycles. The first-order valence-electron chi connectivity index (χ1n) is 6.41. The lowest BCUT2D eigenvalue weighted by molar-refractivity contribution is -0.121. The Morgan fingerprint density at radius 3 is 3.00 bits per heavy atom. The summed E-state index contributed by atoms with van der Waals surface area (Å²) in [7, 11) is 0. The average molecular weight is 248 g/mol. The number of ether oxygens (including phenoxy) is 1. The van der Waals surface area contributed by atoms with Crippen molar-refractivity contribution in [1.29, 1.82) is 0 Å². The second-order valence-corrected chi connectivity index (χ2v) is 4.83. The first-order valence-corrected chi connectivity index (χ1v) is 6.41. The molecule has 1 unspecified atom stereocenters. The zero-order chi connectivity index (χ0) is 13.0. The van der Waals surface area contributed by atoms with E-state index in [9.17, 15) is 4.79 Å². The number of carbonyl (C=O) groups excluding carboxylic acids is 1. The fourth-order valence-electron chi connectivity index (χ4n) is 2.02. The van der Waals surface area contributed by atoms with Crippen LogP contribution in [-0.2, 0) is 4.79 Å². The van der Waals surface area contributed by atoms with Gasteiger partial charge in [0.15, 0.2) is 0 Å². The van der Waals surface area contributed by atoms with Gasteiger partial charge in [-0.15, -0.1) is 0 Å². The summed E-state index contributed by atoms with van der Waals surface area (Å²) in [4.78, 5) is 11.8. The predicted octanol–water partition coefficient (Wildman–Crippen LogP) is 1.62. The topological polar surface area (TPSA) is 50.4 Å². The van der Waals surface area contributed by atoms with Crippen molar-refractivity contribution >= 4 is 5.91 Å². The number of rotatable bonds is 5. The molecule has 4 nitrogen and oxygen atoms in total. The van der Waals surface area contributed by atoms with E-state index in [-0.39, 0.29) is 11.9 Å². The normalized spacial score (nSPS) is 17.4. The number of para-hydroxylation sites is 1. The minimum absolute atomic E-state index is 0.00671. The van der Waals surface area contributed by atoms with E-state index >= 15 is 0 Å². The third-order valence-corrected chi connectivity index (χ3v) is 2.94. The number of nitrogens with one attached hydrogen (secondary N) is 2. The molecule has 0 spiro atoms. The van der Waals surface area contributed by atoms with Crippen molar-refractivity contribution in [3.8, 4) is 5.75 Å². The third-order valence-electron chi connectivity index (χ3n) is 2.94. The molecule has 1 aromatic carbocycles. The largest absolute Gasteiger partial charge is 0.491 e. The average Bonchev–Trinajstić information content (AvgIpc) is 2.72. The minimum Gasteiger partial charge on any atom is -0.491 e. The summed E-state index contributed by atoms with van der Waals surface area (Å²) < 4.78 is 5.52. The van der Waals surface area contributed by atoms with Crippen LogP contribution < -0.4 is 15.4 Å². The SMILES string of the molecule is CC(C)NCCC(=O)NC1COc2ccccc21. The van der Waals surface area contributed by atoms with Crippen LogP contribution in [-0.4, -0.2) is 25.1 Å². The summed E-state index contributed by atoms with van der Waals surface area (Å²) in [6.07, 6.45) is 0.497. The molecule has 18 heavy (non-hydrogen) atoms. The molecule has 0 radical (unpaired) electrons. The number of fused-ring (bicyclic) bond motifs is 1. The number of hydrogen-bond donors (Lipinski definition) is 2. The Labute approximate surface area is 108 Å². The van der Waals surface area contributed by atoms with Crippen molar-refractivity contribution < 1.29 is 9.53 Å². The van der Waals surface area contributed by atoms with Gasteiger partial charge in [-0.05, 0) is 6.07 Å². The van der Waals surface area contributed by atoms with Gasteiger partial charge in [0.25, 0.3) is 0 Å². The van der Waals surface area contributed by atoms with Crippen molar-refractivity contribution in [3.05, 3.63) is 29.8 Å². The van der Waals surface area contributed by atoms with E-state index in [1.54, 1.807) is 0 Å². The van der Waals surface area contributed by atoms with E-state index in [0.29, 0.717) is 25.6 Å².